The molecule has 0 aliphatic carbocycles. The molecule has 0 aliphatic heterocycles. The molecule has 0 aromatic heterocycles. The number of rotatable bonds is 15. The number of nitrogens with one attached hydrogen (secondary N) is 1. The van der Waals surface area contributed by atoms with Crippen LogP contribution in [0.4, 0.5) is 0 Å². The standard InChI is InChI=1S/C17H37N.HNO3/c1-3-4-5-6-7-8-9-10-11-12-13-14-15-16-17-18-2;2-1(3)4/h18H,3-17H2,1-2H3;(H,2,3,4). The lowest BCUT2D eigenvalue weighted by molar-refractivity contribution is -0.742. The van der Waals surface area contributed by atoms with Crippen LogP contribution in [0.25, 0.3) is 0 Å². The lowest BCUT2D eigenvalue weighted by atomic mass is 10.0. The normalized spacial score (nSPS) is 10.1. The summed E-state index contributed by atoms with van der Waals surface area (Å²) < 4.78 is 0. The molecule has 0 atom stereocenters. The Morgan fingerprint density at radius 1 is 0.773 bits per heavy atom. The number of unbranched alkanes of at least 4 members (excludes halogenated alkanes) is 13. The van der Waals surface area contributed by atoms with E-state index in [1.807, 2.05) is 7.05 Å². The fraction of sp³-hybridized carbons (Fsp3) is 1.00. The van der Waals surface area contributed by atoms with Crippen LogP contribution in [0, 0.1) is 10.1 Å². The average molecular weight is 319 g/mol. The SMILES string of the molecule is CCCCCCCCCCCCCCCCNC.O=[N+]([O-])O. The Balaban J connectivity index is 0. The summed E-state index contributed by atoms with van der Waals surface area (Å²) in [4.78, 5) is 8.36. The smallest absolute Gasteiger partial charge is 0.291 e. The molecular formula is C17H38N2O3. The van der Waals surface area contributed by atoms with Crippen LogP contribution in [0.2, 0.25) is 0 Å². The Morgan fingerprint density at radius 2 is 1.05 bits per heavy atom. The average Bonchev–Trinajstić information content (AvgIpc) is 2.47. The molecular weight excluding hydrogens is 280 g/mol. The minimum atomic E-state index is -1.50. The third kappa shape index (κ3) is 31.5. The minimum absolute atomic E-state index is 1.19. The van der Waals surface area contributed by atoms with Gasteiger partial charge in [-0.15, -0.1) is 10.1 Å². The lowest BCUT2D eigenvalue weighted by Gasteiger charge is -2.03. The van der Waals surface area contributed by atoms with Gasteiger partial charge in [0.1, 0.15) is 0 Å². The van der Waals surface area contributed by atoms with Crippen molar-refractivity contribution in [1.29, 1.82) is 0 Å². The highest BCUT2D eigenvalue weighted by molar-refractivity contribution is 4.49. The van der Waals surface area contributed by atoms with Crippen LogP contribution >= 0.6 is 0 Å². The van der Waals surface area contributed by atoms with Gasteiger partial charge in [0.2, 0.25) is 0 Å². The maximum absolute atomic E-state index is 8.36. The molecule has 0 unspecified atom stereocenters. The molecule has 0 aromatic rings. The molecule has 0 rings (SSSR count). The Morgan fingerprint density at radius 3 is 1.32 bits per heavy atom. The van der Waals surface area contributed by atoms with Crippen LogP contribution in [0.5, 0.6) is 0 Å². The molecule has 0 amide bonds. The minimum Gasteiger partial charge on any atom is -0.328 e. The summed E-state index contributed by atoms with van der Waals surface area (Å²) in [6.45, 7) is 3.48. The summed E-state index contributed by atoms with van der Waals surface area (Å²) in [6.07, 6.45) is 20.3. The third-order valence-corrected chi connectivity index (χ3v) is 3.78. The Bertz CT molecular complexity index is 194. The number of hydrogen-bond donors (Lipinski definition) is 2. The maximum Gasteiger partial charge on any atom is 0.291 e. The summed E-state index contributed by atoms with van der Waals surface area (Å²) in [7, 11) is 2.04. The molecule has 0 aromatic carbocycles. The molecule has 2 N–H and O–H groups in total. The molecule has 5 heteroatoms. The summed E-state index contributed by atoms with van der Waals surface area (Å²) in [6, 6.07) is 0. The predicted molar refractivity (Wildman–Crippen MR) is 93.0 cm³/mol. The van der Waals surface area contributed by atoms with Gasteiger partial charge in [0, 0.05) is 0 Å². The zero-order chi connectivity index (χ0) is 16.9. The van der Waals surface area contributed by atoms with Gasteiger partial charge in [0.05, 0.1) is 0 Å². The predicted octanol–water partition coefficient (Wildman–Crippen LogP) is 5.34. The first-order valence-electron chi connectivity index (χ1n) is 9.13. The second kappa shape index (κ2) is 22.4. The van der Waals surface area contributed by atoms with Gasteiger partial charge in [0.15, 0.2) is 0 Å². The second-order valence-electron chi connectivity index (χ2n) is 5.94. The lowest BCUT2D eigenvalue weighted by Crippen LogP contribution is -2.06. The first-order chi connectivity index (χ1) is 10.6. The van der Waals surface area contributed by atoms with E-state index in [1.165, 1.54) is 96.4 Å². The molecule has 22 heavy (non-hydrogen) atoms. The zero-order valence-corrected chi connectivity index (χ0v) is 14.8. The topological polar surface area (TPSA) is 75.4 Å². The molecule has 0 saturated carbocycles. The van der Waals surface area contributed by atoms with Crippen LogP contribution in [0.1, 0.15) is 96.8 Å². The van der Waals surface area contributed by atoms with E-state index in [2.05, 4.69) is 12.2 Å². The van der Waals surface area contributed by atoms with Crippen LogP contribution < -0.4 is 5.32 Å². The first-order valence-corrected chi connectivity index (χ1v) is 9.13. The van der Waals surface area contributed by atoms with E-state index in [0.29, 0.717) is 0 Å². The highest BCUT2D eigenvalue weighted by Gasteiger charge is 1.93. The van der Waals surface area contributed by atoms with Gasteiger partial charge in [-0.1, -0.05) is 90.4 Å². The van der Waals surface area contributed by atoms with E-state index in [9.17, 15) is 0 Å². The van der Waals surface area contributed by atoms with Gasteiger partial charge >= 0.3 is 0 Å². The van der Waals surface area contributed by atoms with Gasteiger partial charge < -0.3 is 10.5 Å². The van der Waals surface area contributed by atoms with Crippen LogP contribution in [0.15, 0.2) is 0 Å². The van der Waals surface area contributed by atoms with Gasteiger partial charge in [-0.05, 0) is 20.0 Å². The van der Waals surface area contributed by atoms with Crippen LogP contribution in [-0.2, 0) is 0 Å². The van der Waals surface area contributed by atoms with E-state index in [1.54, 1.807) is 0 Å². The quantitative estimate of drug-likeness (QED) is 0.243. The molecule has 0 bridgehead atoms. The molecule has 0 heterocycles. The monoisotopic (exact) mass is 318 g/mol. The van der Waals surface area contributed by atoms with Gasteiger partial charge in [-0.2, -0.15) is 0 Å². The van der Waals surface area contributed by atoms with E-state index in [4.69, 9.17) is 15.3 Å². The number of hydrogen-bond acceptors (Lipinski definition) is 3. The highest BCUT2D eigenvalue weighted by atomic mass is 16.9. The summed E-state index contributed by atoms with van der Waals surface area (Å²) in [5, 5.41) is 16.8. The van der Waals surface area contributed by atoms with Gasteiger partial charge in [-0.3, -0.25) is 0 Å². The Kier molecular flexibility index (Phi) is 23.9. The van der Waals surface area contributed by atoms with Crippen molar-refractivity contribution in [2.75, 3.05) is 13.6 Å². The molecule has 5 nitrogen and oxygen atoms in total. The molecule has 0 aliphatic rings. The number of nitrogens with zero attached hydrogens (tertiary/aromatic N) is 1. The molecule has 0 spiro atoms. The fourth-order valence-corrected chi connectivity index (χ4v) is 2.50. The van der Waals surface area contributed by atoms with E-state index < -0.39 is 5.09 Å². The second-order valence-corrected chi connectivity index (χ2v) is 5.94. The summed E-state index contributed by atoms with van der Waals surface area (Å²) >= 11 is 0. The van der Waals surface area contributed by atoms with Crippen molar-refractivity contribution in [2.45, 2.75) is 96.8 Å². The van der Waals surface area contributed by atoms with E-state index in [-0.39, 0.29) is 0 Å². The Labute approximate surface area is 137 Å². The van der Waals surface area contributed by atoms with Crippen molar-refractivity contribution in [3.8, 4) is 0 Å². The van der Waals surface area contributed by atoms with E-state index in [0.717, 1.165) is 0 Å². The van der Waals surface area contributed by atoms with Crippen LogP contribution in [-0.4, -0.2) is 23.9 Å². The third-order valence-electron chi connectivity index (χ3n) is 3.78. The summed E-state index contributed by atoms with van der Waals surface area (Å²) in [5.41, 5.74) is 0. The van der Waals surface area contributed by atoms with Crippen molar-refractivity contribution in [3.05, 3.63) is 10.1 Å². The first kappa shape index (κ1) is 23.4. The molecule has 0 saturated heterocycles. The van der Waals surface area contributed by atoms with Crippen molar-refractivity contribution in [2.24, 2.45) is 0 Å². The van der Waals surface area contributed by atoms with Crippen molar-refractivity contribution >= 4 is 0 Å². The highest BCUT2D eigenvalue weighted by Crippen LogP contribution is 2.12. The Hall–Kier alpha value is -0.840. The molecule has 134 valence electrons. The van der Waals surface area contributed by atoms with Gasteiger partial charge in [0.25, 0.3) is 5.09 Å². The van der Waals surface area contributed by atoms with Crippen LogP contribution in [0.3, 0.4) is 0 Å². The van der Waals surface area contributed by atoms with Crippen molar-refractivity contribution < 1.29 is 10.3 Å². The molecule has 0 radical (unpaired) electrons. The largest absolute Gasteiger partial charge is 0.328 e. The van der Waals surface area contributed by atoms with Crippen molar-refractivity contribution in [3.63, 3.8) is 0 Å². The summed E-state index contributed by atoms with van der Waals surface area (Å²) in [5.74, 6) is 0. The van der Waals surface area contributed by atoms with Gasteiger partial charge in [-0.25, -0.2) is 0 Å². The molecule has 0 fully saturated rings. The fourth-order valence-electron chi connectivity index (χ4n) is 2.50. The zero-order valence-electron chi connectivity index (χ0n) is 14.8. The van der Waals surface area contributed by atoms with Crippen molar-refractivity contribution in [1.82, 2.24) is 5.32 Å². The van der Waals surface area contributed by atoms with E-state index >= 15 is 0 Å². The maximum atomic E-state index is 8.36.